The molecular weight excluding hydrogens is 500 g/mol. The Morgan fingerprint density at radius 2 is 1.67 bits per heavy atom. The van der Waals surface area contributed by atoms with Crippen LogP contribution in [-0.4, -0.2) is 30.4 Å². The third kappa shape index (κ3) is 5.84. The third-order valence-electron chi connectivity index (χ3n) is 5.20. The van der Waals surface area contributed by atoms with Crippen LogP contribution in [-0.2, 0) is 26.3 Å². The van der Waals surface area contributed by atoms with Crippen molar-refractivity contribution in [1.29, 1.82) is 0 Å². The van der Waals surface area contributed by atoms with Crippen LogP contribution in [0.3, 0.4) is 0 Å². The number of hydrogen-bond acceptors (Lipinski definition) is 7. The number of carbonyl (C=O) groups excluding carboxylic acids is 3. The number of aryl methyl sites for hydroxylation is 1. The number of rotatable bonds is 7. The second-order valence-electron chi connectivity index (χ2n) is 8.03. The van der Waals surface area contributed by atoms with E-state index in [-0.39, 0.29) is 28.0 Å². The lowest BCUT2D eigenvalue weighted by Gasteiger charge is -2.12. The number of thioether (sulfide) groups is 1. The molecular formula is C26H22N2O6S2. The maximum absolute atomic E-state index is 12.9. The van der Waals surface area contributed by atoms with Crippen LogP contribution in [0.15, 0.2) is 82.6 Å². The Bertz CT molecular complexity index is 1460. The summed E-state index contributed by atoms with van der Waals surface area (Å²) in [6.45, 7) is 3.44. The Balaban J connectivity index is 1.55. The number of carbonyl (C=O) groups is 3. The highest BCUT2D eigenvalue weighted by atomic mass is 32.2. The number of nitrogens with one attached hydrogen (secondary N) is 1. The Morgan fingerprint density at radius 1 is 1.00 bits per heavy atom. The second kappa shape index (κ2) is 10.4. The van der Waals surface area contributed by atoms with Crippen LogP contribution in [0.25, 0.3) is 6.08 Å². The molecule has 0 unspecified atom stereocenters. The van der Waals surface area contributed by atoms with Crippen LogP contribution < -0.4 is 9.50 Å². The van der Waals surface area contributed by atoms with E-state index in [2.05, 4.69) is 5.32 Å². The number of anilines is 1. The zero-order valence-electron chi connectivity index (χ0n) is 19.4. The molecule has 0 saturated carbocycles. The Labute approximate surface area is 213 Å². The molecule has 3 aromatic carbocycles. The average molecular weight is 523 g/mol. The molecule has 0 spiro atoms. The van der Waals surface area contributed by atoms with E-state index in [0.717, 1.165) is 27.8 Å². The molecule has 10 heteroatoms. The molecule has 1 aliphatic rings. The zero-order valence-corrected chi connectivity index (χ0v) is 21.1. The lowest BCUT2D eigenvalue weighted by Crippen LogP contribution is -2.27. The minimum Gasteiger partial charge on any atom is -0.378 e. The van der Waals surface area contributed by atoms with E-state index in [4.69, 9.17) is 4.18 Å². The van der Waals surface area contributed by atoms with E-state index in [1.165, 1.54) is 43.3 Å². The van der Waals surface area contributed by atoms with Gasteiger partial charge in [0.1, 0.15) is 10.6 Å². The van der Waals surface area contributed by atoms with Crippen LogP contribution in [0.4, 0.5) is 10.5 Å². The predicted molar refractivity (Wildman–Crippen MR) is 138 cm³/mol. The number of benzene rings is 3. The quantitative estimate of drug-likeness (QED) is 0.345. The van der Waals surface area contributed by atoms with Crippen LogP contribution in [0, 0.1) is 6.92 Å². The van der Waals surface area contributed by atoms with E-state index in [1.807, 2.05) is 31.2 Å². The van der Waals surface area contributed by atoms with Gasteiger partial charge in [0.05, 0.1) is 11.4 Å². The van der Waals surface area contributed by atoms with Gasteiger partial charge in [-0.25, -0.2) is 0 Å². The molecule has 184 valence electrons. The molecule has 3 aromatic rings. The van der Waals surface area contributed by atoms with Crippen LogP contribution in [0.1, 0.15) is 23.6 Å². The first kappa shape index (κ1) is 25.2. The molecule has 3 amide bonds. The normalized spacial score (nSPS) is 14.8. The first-order valence-corrected chi connectivity index (χ1v) is 13.1. The van der Waals surface area contributed by atoms with Crippen LogP contribution >= 0.6 is 11.8 Å². The second-order valence-corrected chi connectivity index (χ2v) is 10.6. The van der Waals surface area contributed by atoms with Gasteiger partial charge in [0.2, 0.25) is 5.91 Å². The summed E-state index contributed by atoms with van der Waals surface area (Å²) in [5.74, 6) is -0.732. The zero-order chi connectivity index (χ0) is 25.9. The van der Waals surface area contributed by atoms with Crippen molar-refractivity contribution in [2.24, 2.45) is 0 Å². The van der Waals surface area contributed by atoms with Crippen LogP contribution in [0.2, 0.25) is 0 Å². The van der Waals surface area contributed by atoms with E-state index >= 15 is 0 Å². The number of hydrogen-bond donors (Lipinski definition) is 1. The Hall–Kier alpha value is -3.89. The molecule has 36 heavy (non-hydrogen) atoms. The van der Waals surface area contributed by atoms with Crippen molar-refractivity contribution in [2.45, 2.75) is 25.3 Å². The van der Waals surface area contributed by atoms with Gasteiger partial charge in [-0.05, 0) is 60.7 Å². The predicted octanol–water partition coefficient (Wildman–Crippen LogP) is 4.96. The van der Waals surface area contributed by atoms with E-state index in [0.29, 0.717) is 11.3 Å². The van der Waals surface area contributed by atoms with Gasteiger partial charge in [0, 0.05) is 18.2 Å². The van der Waals surface area contributed by atoms with Gasteiger partial charge >= 0.3 is 10.1 Å². The van der Waals surface area contributed by atoms with Gasteiger partial charge in [0.25, 0.3) is 11.1 Å². The van der Waals surface area contributed by atoms with E-state index < -0.39 is 21.3 Å². The fraction of sp³-hybridized carbons (Fsp3) is 0.115. The van der Waals surface area contributed by atoms with Gasteiger partial charge < -0.3 is 9.50 Å². The first-order valence-electron chi connectivity index (χ1n) is 10.8. The number of nitrogens with zero attached hydrogens (tertiary/aromatic N) is 1. The van der Waals surface area contributed by atoms with Crippen molar-refractivity contribution in [2.75, 3.05) is 5.32 Å². The summed E-state index contributed by atoms with van der Waals surface area (Å²) in [6.07, 6.45) is 1.45. The smallest absolute Gasteiger partial charge is 0.339 e. The lowest BCUT2D eigenvalue weighted by molar-refractivity contribution is -0.123. The summed E-state index contributed by atoms with van der Waals surface area (Å²) in [7, 11) is -4.21. The highest BCUT2D eigenvalue weighted by molar-refractivity contribution is 8.18. The maximum atomic E-state index is 12.9. The molecule has 1 N–H and O–H groups in total. The molecule has 1 saturated heterocycles. The summed E-state index contributed by atoms with van der Waals surface area (Å²) < 4.78 is 31.1. The van der Waals surface area contributed by atoms with Gasteiger partial charge in [-0.3, -0.25) is 19.3 Å². The minimum atomic E-state index is -4.21. The molecule has 4 rings (SSSR count). The highest BCUT2D eigenvalue weighted by Crippen LogP contribution is 2.35. The van der Waals surface area contributed by atoms with Crippen molar-refractivity contribution >= 4 is 50.7 Å². The third-order valence-corrected chi connectivity index (χ3v) is 7.36. The first-order chi connectivity index (χ1) is 17.1. The molecule has 0 radical (unpaired) electrons. The van der Waals surface area contributed by atoms with Crippen LogP contribution in [0.5, 0.6) is 5.75 Å². The Kier molecular flexibility index (Phi) is 7.27. The van der Waals surface area contributed by atoms with Gasteiger partial charge in [-0.15, -0.1) is 0 Å². The molecule has 0 aliphatic carbocycles. The summed E-state index contributed by atoms with van der Waals surface area (Å²) in [5, 5.41) is 2.16. The minimum absolute atomic E-state index is 0.00812. The number of amides is 3. The van der Waals surface area contributed by atoms with Crippen molar-refractivity contribution in [3.05, 3.63) is 94.4 Å². The lowest BCUT2D eigenvalue weighted by atomic mass is 10.1. The number of para-hydroxylation sites is 1. The topological polar surface area (TPSA) is 110 Å². The van der Waals surface area contributed by atoms with E-state index in [1.54, 1.807) is 18.2 Å². The highest BCUT2D eigenvalue weighted by Gasteiger charge is 2.35. The van der Waals surface area contributed by atoms with Crippen molar-refractivity contribution in [3.63, 3.8) is 0 Å². The monoisotopic (exact) mass is 522 g/mol. The van der Waals surface area contributed by atoms with Gasteiger partial charge in [-0.1, -0.05) is 48.0 Å². The molecule has 0 aromatic heterocycles. The van der Waals surface area contributed by atoms with Crippen molar-refractivity contribution < 1.29 is 27.0 Å². The summed E-state index contributed by atoms with van der Waals surface area (Å²) in [6, 6.07) is 19.4. The fourth-order valence-electron chi connectivity index (χ4n) is 3.40. The molecule has 8 nitrogen and oxygen atoms in total. The van der Waals surface area contributed by atoms with Crippen molar-refractivity contribution in [3.8, 4) is 5.75 Å². The Morgan fingerprint density at radius 3 is 2.33 bits per heavy atom. The summed E-state index contributed by atoms with van der Waals surface area (Å²) in [4.78, 5) is 37.9. The summed E-state index contributed by atoms with van der Waals surface area (Å²) >= 11 is 0.788. The average Bonchev–Trinajstić information content (AvgIpc) is 3.09. The fourth-order valence-corrected chi connectivity index (χ4v) is 5.19. The summed E-state index contributed by atoms with van der Waals surface area (Å²) in [5.41, 5.74) is 2.67. The molecule has 1 fully saturated rings. The van der Waals surface area contributed by atoms with Crippen molar-refractivity contribution in [1.82, 2.24) is 4.90 Å². The molecule has 0 bridgehead atoms. The van der Waals surface area contributed by atoms with E-state index in [9.17, 15) is 22.8 Å². The SMILES string of the molecule is CC(=O)Nc1ccc(S(=O)(=O)Oc2ccccc2/C=C2\SC(=O)N(Cc3ccc(C)cc3)C2=O)cc1. The standard InChI is InChI=1S/C26H22N2O6S2/c1-17-7-9-19(10-8-17)16-28-25(30)24(35-26(28)31)15-20-5-3-4-6-23(20)34-36(32,33)22-13-11-21(12-14-22)27-18(2)29/h3-15H,16H2,1-2H3,(H,27,29)/b24-15-. The van der Waals surface area contributed by atoms with Gasteiger partial charge in [-0.2, -0.15) is 8.42 Å². The molecule has 0 atom stereocenters. The number of imide groups is 1. The maximum Gasteiger partial charge on any atom is 0.339 e. The largest absolute Gasteiger partial charge is 0.378 e. The molecule has 1 heterocycles. The van der Waals surface area contributed by atoms with Gasteiger partial charge in [0.15, 0.2) is 0 Å². The molecule has 1 aliphatic heterocycles.